The number of carbonyl (C=O) groups excluding carboxylic acids is 4. The Morgan fingerprint density at radius 1 is 1.21 bits per heavy atom. The second-order valence-electron chi connectivity index (χ2n) is 8.04. The molecule has 0 saturated carbocycles. The minimum Gasteiger partial charge on any atom is -0.463 e. The third-order valence-electron chi connectivity index (χ3n) is 4.00. The van der Waals surface area contributed by atoms with Gasteiger partial charge in [-0.05, 0) is 34.1 Å². The highest BCUT2D eigenvalue weighted by molar-refractivity contribution is 5.83. The average Bonchev–Trinajstić information content (AvgIpc) is 2.58. The van der Waals surface area contributed by atoms with Gasteiger partial charge in [0, 0.05) is 0 Å². The van der Waals surface area contributed by atoms with Crippen molar-refractivity contribution in [3.63, 3.8) is 0 Å². The van der Waals surface area contributed by atoms with Crippen LogP contribution in [0.5, 0.6) is 0 Å². The van der Waals surface area contributed by atoms with Crippen LogP contribution in [-0.4, -0.2) is 54.5 Å². The smallest absolute Gasteiger partial charge is 0.408 e. The standard InChI is InChI=1S/C19H31NO8/c1-8-12-14(27-15(21)10(2)3)11(4)26-17(23)13(9-25-16(12)22)20-18(24)28-19(5,6)7/h10-14H,8-9H2,1-7H3,(H,20,24)/t11-,12+,13-,14-/m0/s1. The van der Waals surface area contributed by atoms with Crippen molar-refractivity contribution in [1.29, 1.82) is 0 Å². The first-order chi connectivity index (χ1) is 12.9. The van der Waals surface area contributed by atoms with Crippen molar-refractivity contribution >= 4 is 24.0 Å². The molecule has 0 spiro atoms. The summed E-state index contributed by atoms with van der Waals surface area (Å²) in [5.74, 6) is -3.17. The van der Waals surface area contributed by atoms with Gasteiger partial charge in [0.2, 0.25) is 0 Å². The molecule has 1 fully saturated rings. The van der Waals surface area contributed by atoms with Crippen LogP contribution in [-0.2, 0) is 33.3 Å². The fourth-order valence-corrected chi connectivity index (χ4v) is 2.53. The van der Waals surface area contributed by atoms with Gasteiger partial charge in [-0.25, -0.2) is 9.59 Å². The van der Waals surface area contributed by atoms with Crippen molar-refractivity contribution in [2.75, 3.05) is 6.61 Å². The minimum atomic E-state index is -1.24. The van der Waals surface area contributed by atoms with Gasteiger partial charge < -0.3 is 24.3 Å². The maximum Gasteiger partial charge on any atom is 0.408 e. The second-order valence-corrected chi connectivity index (χ2v) is 8.04. The number of rotatable bonds is 4. The van der Waals surface area contributed by atoms with Crippen molar-refractivity contribution in [1.82, 2.24) is 5.32 Å². The highest BCUT2D eigenvalue weighted by Gasteiger charge is 2.41. The number of hydrogen-bond acceptors (Lipinski definition) is 8. The van der Waals surface area contributed by atoms with Crippen LogP contribution >= 0.6 is 0 Å². The van der Waals surface area contributed by atoms with E-state index in [1.165, 1.54) is 6.92 Å². The average molecular weight is 401 g/mol. The molecule has 1 rings (SSSR count). The van der Waals surface area contributed by atoms with Crippen LogP contribution in [0, 0.1) is 11.8 Å². The number of nitrogens with one attached hydrogen (secondary N) is 1. The lowest BCUT2D eigenvalue weighted by Crippen LogP contribution is -2.48. The summed E-state index contributed by atoms with van der Waals surface area (Å²) in [5, 5.41) is 2.35. The van der Waals surface area contributed by atoms with E-state index in [0.717, 1.165) is 0 Å². The molecule has 1 aliphatic rings. The number of carbonyl (C=O) groups is 4. The Labute approximate surface area is 165 Å². The summed E-state index contributed by atoms with van der Waals surface area (Å²) < 4.78 is 21.1. The molecule has 0 radical (unpaired) electrons. The second kappa shape index (κ2) is 9.75. The molecule has 0 aromatic heterocycles. The predicted molar refractivity (Wildman–Crippen MR) is 98.2 cm³/mol. The van der Waals surface area contributed by atoms with Crippen molar-refractivity contribution in [3.8, 4) is 0 Å². The van der Waals surface area contributed by atoms with Gasteiger partial charge in [-0.3, -0.25) is 9.59 Å². The normalized spacial score (nSPS) is 26.3. The quantitative estimate of drug-likeness (QED) is 0.561. The number of ether oxygens (including phenoxy) is 4. The van der Waals surface area contributed by atoms with E-state index in [1.807, 2.05) is 0 Å². The lowest BCUT2D eigenvalue weighted by atomic mass is 9.95. The summed E-state index contributed by atoms with van der Waals surface area (Å²) in [6.07, 6.45) is -2.42. The van der Waals surface area contributed by atoms with Crippen LogP contribution in [0.3, 0.4) is 0 Å². The first-order valence-electron chi connectivity index (χ1n) is 9.42. The van der Waals surface area contributed by atoms with Gasteiger partial charge in [0.05, 0.1) is 11.8 Å². The first-order valence-corrected chi connectivity index (χ1v) is 9.42. The molecule has 1 saturated heterocycles. The Bertz CT molecular complexity index is 595. The van der Waals surface area contributed by atoms with E-state index < -0.39 is 66.3 Å². The summed E-state index contributed by atoms with van der Waals surface area (Å²) in [7, 11) is 0. The van der Waals surface area contributed by atoms with Crippen molar-refractivity contribution in [2.24, 2.45) is 11.8 Å². The third kappa shape index (κ3) is 7.01. The van der Waals surface area contributed by atoms with Crippen molar-refractivity contribution in [3.05, 3.63) is 0 Å². The number of alkyl carbamates (subject to hydrolysis) is 1. The Kier molecular flexibility index (Phi) is 8.26. The molecule has 0 aromatic carbocycles. The van der Waals surface area contributed by atoms with Gasteiger partial charge in [0.25, 0.3) is 0 Å². The van der Waals surface area contributed by atoms with E-state index in [9.17, 15) is 19.2 Å². The summed E-state index contributed by atoms with van der Waals surface area (Å²) in [4.78, 5) is 49.0. The van der Waals surface area contributed by atoms with Crippen LogP contribution in [0.15, 0.2) is 0 Å². The Morgan fingerprint density at radius 2 is 1.82 bits per heavy atom. The molecule has 1 heterocycles. The highest BCUT2D eigenvalue weighted by Crippen LogP contribution is 2.23. The van der Waals surface area contributed by atoms with Crippen LogP contribution < -0.4 is 5.32 Å². The fraction of sp³-hybridized carbons (Fsp3) is 0.789. The van der Waals surface area contributed by atoms with Crippen LogP contribution in [0.2, 0.25) is 0 Å². The van der Waals surface area contributed by atoms with E-state index in [4.69, 9.17) is 18.9 Å². The highest BCUT2D eigenvalue weighted by atomic mass is 16.6. The zero-order chi connectivity index (χ0) is 21.6. The maximum atomic E-state index is 12.5. The van der Waals surface area contributed by atoms with Gasteiger partial charge in [-0.1, -0.05) is 20.8 Å². The zero-order valence-corrected chi connectivity index (χ0v) is 17.6. The summed E-state index contributed by atoms with van der Waals surface area (Å²) in [5.41, 5.74) is -0.764. The molecule has 1 amide bonds. The summed E-state index contributed by atoms with van der Waals surface area (Å²) in [6.45, 7) is 11.2. The molecule has 0 bridgehead atoms. The molecule has 4 atom stereocenters. The summed E-state index contributed by atoms with van der Waals surface area (Å²) >= 11 is 0. The zero-order valence-electron chi connectivity index (χ0n) is 17.6. The van der Waals surface area contributed by atoms with Gasteiger partial charge in [0.1, 0.15) is 18.3 Å². The van der Waals surface area contributed by atoms with Crippen LogP contribution in [0.4, 0.5) is 4.79 Å². The third-order valence-corrected chi connectivity index (χ3v) is 4.00. The first kappa shape index (κ1) is 23.7. The van der Waals surface area contributed by atoms with Crippen LogP contribution in [0.1, 0.15) is 54.9 Å². The van der Waals surface area contributed by atoms with E-state index >= 15 is 0 Å². The number of esters is 3. The Morgan fingerprint density at radius 3 is 2.32 bits per heavy atom. The summed E-state index contributed by atoms with van der Waals surface area (Å²) in [6, 6.07) is -1.24. The Balaban J connectivity index is 3.01. The minimum absolute atomic E-state index is 0.320. The van der Waals surface area contributed by atoms with Crippen LogP contribution in [0.25, 0.3) is 0 Å². The monoisotopic (exact) mass is 401 g/mol. The topological polar surface area (TPSA) is 117 Å². The molecule has 9 nitrogen and oxygen atoms in total. The van der Waals surface area contributed by atoms with Crippen molar-refractivity contribution in [2.45, 2.75) is 78.7 Å². The molecule has 0 aromatic rings. The Hall–Kier alpha value is -2.32. The van der Waals surface area contributed by atoms with E-state index in [2.05, 4.69) is 5.32 Å². The molecule has 1 N–H and O–H groups in total. The van der Waals surface area contributed by atoms with Crippen molar-refractivity contribution < 1.29 is 38.1 Å². The molecule has 0 aliphatic carbocycles. The van der Waals surface area contributed by atoms with E-state index in [1.54, 1.807) is 41.5 Å². The number of amides is 1. The largest absolute Gasteiger partial charge is 0.463 e. The lowest BCUT2D eigenvalue weighted by molar-refractivity contribution is -0.176. The van der Waals surface area contributed by atoms with Gasteiger partial charge in [-0.15, -0.1) is 0 Å². The molecule has 9 heteroatoms. The molecule has 28 heavy (non-hydrogen) atoms. The van der Waals surface area contributed by atoms with E-state index in [0.29, 0.717) is 6.42 Å². The maximum absolute atomic E-state index is 12.5. The number of cyclic esters (lactones) is 2. The molecule has 0 unspecified atom stereocenters. The SMILES string of the molecule is CC[C@H]1C(=O)OC[C@H](NC(=O)OC(C)(C)C)C(=O)O[C@@H](C)[C@@H]1OC(=O)C(C)C. The fourth-order valence-electron chi connectivity index (χ4n) is 2.53. The molecule has 160 valence electrons. The lowest BCUT2D eigenvalue weighted by Gasteiger charge is -2.29. The van der Waals surface area contributed by atoms with Gasteiger partial charge >= 0.3 is 24.0 Å². The van der Waals surface area contributed by atoms with Gasteiger partial charge in [0.15, 0.2) is 12.1 Å². The molecular weight excluding hydrogens is 370 g/mol. The van der Waals surface area contributed by atoms with Gasteiger partial charge in [-0.2, -0.15) is 0 Å². The molecule has 1 aliphatic heterocycles. The number of hydrogen-bond donors (Lipinski definition) is 1. The predicted octanol–water partition coefficient (Wildman–Crippen LogP) is 1.96. The molecular formula is C19H31NO8. The van der Waals surface area contributed by atoms with E-state index in [-0.39, 0.29) is 0 Å².